The quantitative estimate of drug-likeness (QED) is 0.682. The van der Waals surface area contributed by atoms with Gasteiger partial charge in [-0.05, 0) is 11.5 Å². The third-order valence-electron chi connectivity index (χ3n) is 2.82. The standard InChI is InChI=1S/C14H20ClN3O3/c1-14(2,3)8-17(5)13(19)9-6-10(15)12(16-4)11(7-9)18(20)21/h6-7,16H,8H2,1-5H3. The van der Waals surface area contributed by atoms with Gasteiger partial charge in [0, 0.05) is 32.3 Å². The van der Waals surface area contributed by atoms with Crippen molar-refractivity contribution in [2.45, 2.75) is 20.8 Å². The van der Waals surface area contributed by atoms with E-state index in [2.05, 4.69) is 5.32 Å². The first-order valence-corrected chi connectivity index (χ1v) is 6.86. The Bertz CT molecular complexity index is 567. The van der Waals surface area contributed by atoms with Crippen molar-refractivity contribution in [1.82, 2.24) is 4.90 Å². The number of nitrogens with one attached hydrogen (secondary N) is 1. The summed E-state index contributed by atoms with van der Waals surface area (Å²) >= 11 is 6.02. The zero-order chi connectivity index (χ0) is 16.4. The zero-order valence-corrected chi connectivity index (χ0v) is 13.6. The Balaban J connectivity index is 3.20. The molecule has 0 heterocycles. The molecule has 0 fully saturated rings. The van der Waals surface area contributed by atoms with Crippen LogP contribution >= 0.6 is 11.6 Å². The van der Waals surface area contributed by atoms with Gasteiger partial charge in [-0.2, -0.15) is 0 Å². The van der Waals surface area contributed by atoms with Crippen LogP contribution in [0.5, 0.6) is 0 Å². The number of amides is 1. The van der Waals surface area contributed by atoms with Crippen molar-refractivity contribution >= 4 is 28.9 Å². The molecule has 6 nitrogen and oxygen atoms in total. The summed E-state index contributed by atoms with van der Waals surface area (Å²) in [6.45, 7) is 6.56. The molecular weight excluding hydrogens is 294 g/mol. The fraction of sp³-hybridized carbons (Fsp3) is 0.500. The Morgan fingerprint density at radius 2 is 2.00 bits per heavy atom. The second-order valence-electron chi connectivity index (χ2n) is 6.08. The monoisotopic (exact) mass is 313 g/mol. The average Bonchev–Trinajstić information content (AvgIpc) is 2.34. The highest BCUT2D eigenvalue weighted by Gasteiger charge is 2.24. The van der Waals surface area contributed by atoms with Crippen LogP contribution in [0.1, 0.15) is 31.1 Å². The fourth-order valence-corrected chi connectivity index (χ4v) is 2.42. The molecule has 0 aromatic heterocycles. The first-order chi connectivity index (χ1) is 9.56. The lowest BCUT2D eigenvalue weighted by atomic mass is 9.96. The first kappa shape index (κ1) is 17.2. The Kier molecular flexibility index (Phi) is 5.17. The fourth-order valence-electron chi connectivity index (χ4n) is 2.11. The lowest BCUT2D eigenvalue weighted by molar-refractivity contribution is -0.383. The van der Waals surface area contributed by atoms with Crippen LogP contribution in [0.2, 0.25) is 5.02 Å². The minimum atomic E-state index is -0.557. The number of rotatable bonds is 4. The van der Waals surface area contributed by atoms with E-state index in [-0.39, 0.29) is 33.3 Å². The van der Waals surface area contributed by atoms with Gasteiger partial charge >= 0.3 is 0 Å². The third kappa shape index (κ3) is 4.32. The SMILES string of the molecule is CNc1c(Cl)cc(C(=O)N(C)CC(C)(C)C)cc1[N+](=O)[O-]. The third-order valence-corrected chi connectivity index (χ3v) is 3.12. The van der Waals surface area contributed by atoms with E-state index in [0.717, 1.165) is 0 Å². The molecule has 0 radical (unpaired) electrons. The molecule has 0 bridgehead atoms. The van der Waals surface area contributed by atoms with Crippen molar-refractivity contribution in [2.75, 3.05) is 26.0 Å². The van der Waals surface area contributed by atoms with Gasteiger partial charge in [0.15, 0.2) is 0 Å². The van der Waals surface area contributed by atoms with Crippen LogP contribution in [0.4, 0.5) is 11.4 Å². The molecule has 1 rings (SSSR count). The van der Waals surface area contributed by atoms with Crippen LogP contribution in [0.15, 0.2) is 12.1 Å². The summed E-state index contributed by atoms with van der Waals surface area (Å²) in [5.74, 6) is -0.294. The molecule has 0 spiro atoms. The van der Waals surface area contributed by atoms with Gasteiger partial charge in [0.2, 0.25) is 0 Å². The Labute approximate surface area is 129 Å². The maximum Gasteiger partial charge on any atom is 0.294 e. The maximum atomic E-state index is 12.4. The van der Waals surface area contributed by atoms with Crippen molar-refractivity contribution in [1.29, 1.82) is 0 Å². The second kappa shape index (κ2) is 6.30. The molecule has 0 aliphatic rings. The van der Waals surface area contributed by atoms with Crippen LogP contribution < -0.4 is 5.32 Å². The number of carbonyl (C=O) groups is 1. The van der Waals surface area contributed by atoms with Crippen LogP contribution in [0, 0.1) is 15.5 Å². The molecule has 7 heteroatoms. The van der Waals surface area contributed by atoms with E-state index >= 15 is 0 Å². The Morgan fingerprint density at radius 3 is 2.43 bits per heavy atom. The summed E-state index contributed by atoms with van der Waals surface area (Å²) in [5.41, 5.74) is 0.136. The minimum Gasteiger partial charge on any atom is -0.381 e. The van der Waals surface area contributed by atoms with Crippen molar-refractivity contribution < 1.29 is 9.72 Å². The van der Waals surface area contributed by atoms with E-state index in [1.807, 2.05) is 20.8 Å². The van der Waals surface area contributed by atoms with E-state index in [9.17, 15) is 14.9 Å². The summed E-state index contributed by atoms with van der Waals surface area (Å²) in [4.78, 5) is 24.4. The first-order valence-electron chi connectivity index (χ1n) is 6.48. The molecule has 116 valence electrons. The highest BCUT2D eigenvalue weighted by atomic mass is 35.5. The van der Waals surface area contributed by atoms with E-state index < -0.39 is 4.92 Å². The topological polar surface area (TPSA) is 75.5 Å². The zero-order valence-electron chi connectivity index (χ0n) is 12.9. The highest BCUT2D eigenvalue weighted by molar-refractivity contribution is 6.34. The van der Waals surface area contributed by atoms with Crippen LogP contribution in [0.25, 0.3) is 0 Å². The molecule has 0 unspecified atom stereocenters. The van der Waals surface area contributed by atoms with Gasteiger partial charge in [0.25, 0.3) is 11.6 Å². The number of hydrogen-bond donors (Lipinski definition) is 1. The summed E-state index contributed by atoms with van der Waals surface area (Å²) in [6, 6.07) is 2.70. The van der Waals surface area contributed by atoms with Crippen molar-refractivity contribution in [2.24, 2.45) is 5.41 Å². The lowest BCUT2D eigenvalue weighted by Gasteiger charge is -2.26. The molecule has 0 atom stereocenters. The average molecular weight is 314 g/mol. The number of nitro benzene ring substituents is 1. The molecule has 0 aliphatic heterocycles. The minimum absolute atomic E-state index is 0.0644. The molecule has 1 aromatic rings. The van der Waals surface area contributed by atoms with Gasteiger partial charge in [-0.1, -0.05) is 32.4 Å². The van der Waals surface area contributed by atoms with Crippen LogP contribution in [-0.2, 0) is 0 Å². The van der Waals surface area contributed by atoms with Gasteiger partial charge in [-0.15, -0.1) is 0 Å². The van der Waals surface area contributed by atoms with Crippen molar-refractivity contribution in [3.8, 4) is 0 Å². The van der Waals surface area contributed by atoms with Crippen molar-refractivity contribution in [3.63, 3.8) is 0 Å². The van der Waals surface area contributed by atoms with E-state index in [1.165, 1.54) is 17.0 Å². The van der Waals surface area contributed by atoms with E-state index in [4.69, 9.17) is 11.6 Å². The Morgan fingerprint density at radius 1 is 1.43 bits per heavy atom. The number of nitrogens with zero attached hydrogens (tertiary/aromatic N) is 2. The summed E-state index contributed by atoms with van der Waals surface area (Å²) in [7, 11) is 3.21. The van der Waals surface area contributed by atoms with Gasteiger partial charge in [0.1, 0.15) is 5.69 Å². The van der Waals surface area contributed by atoms with E-state index in [0.29, 0.717) is 6.54 Å². The predicted molar refractivity (Wildman–Crippen MR) is 84.1 cm³/mol. The van der Waals surface area contributed by atoms with Gasteiger partial charge in [-0.3, -0.25) is 14.9 Å². The number of anilines is 1. The number of carbonyl (C=O) groups excluding carboxylic acids is 1. The van der Waals surface area contributed by atoms with Crippen LogP contribution in [0.3, 0.4) is 0 Å². The summed E-state index contributed by atoms with van der Waals surface area (Å²) in [6.07, 6.45) is 0. The van der Waals surface area contributed by atoms with Gasteiger partial charge in [0.05, 0.1) is 9.95 Å². The summed E-state index contributed by atoms with van der Waals surface area (Å²) in [5, 5.41) is 13.9. The van der Waals surface area contributed by atoms with Gasteiger partial charge < -0.3 is 10.2 Å². The molecule has 0 aliphatic carbocycles. The molecule has 1 N–H and O–H groups in total. The highest BCUT2D eigenvalue weighted by Crippen LogP contribution is 2.33. The largest absolute Gasteiger partial charge is 0.381 e. The van der Waals surface area contributed by atoms with E-state index in [1.54, 1.807) is 14.1 Å². The Hall–Kier alpha value is -1.82. The van der Waals surface area contributed by atoms with Crippen LogP contribution in [-0.4, -0.2) is 36.4 Å². The molecule has 1 aromatic carbocycles. The molecule has 1 amide bonds. The predicted octanol–water partition coefficient (Wildman–Crippen LogP) is 3.41. The van der Waals surface area contributed by atoms with Gasteiger partial charge in [-0.25, -0.2) is 0 Å². The normalized spacial score (nSPS) is 11.1. The van der Waals surface area contributed by atoms with Crippen molar-refractivity contribution in [3.05, 3.63) is 32.8 Å². The maximum absolute atomic E-state index is 12.4. The number of nitro groups is 1. The molecule has 0 saturated heterocycles. The summed E-state index contributed by atoms with van der Waals surface area (Å²) < 4.78 is 0. The molecular formula is C14H20ClN3O3. The number of benzene rings is 1. The number of halogens is 1. The molecule has 0 saturated carbocycles. The lowest BCUT2D eigenvalue weighted by Crippen LogP contribution is -2.34. The second-order valence-corrected chi connectivity index (χ2v) is 6.49. The number of hydrogen-bond acceptors (Lipinski definition) is 4. The smallest absolute Gasteiger partial charge is 0.294 e. The molecule has 21 heavy (non-hydrogen) atoms.